The Morgan fingerprint density at radius 3 is 2.76 bits per heavy atom. The van der Waals surface area contributed by atoms with E-state index < -0.39 is 5.82 Å². The molecule has 5 heteroatoms. The molecule has 0 unspecified atom stereocenters. The summed E-state index contributed by atoms with van der Waals surface area (Å²) in [5, 5.41) is 9.55. The lowest BCUT2D eigenvalue weighted by Gasteiger charge is -2.00. The molecule has 0 radical (unpaired) electrons. The van der Waals surface area contributed by atoms with Gasteiger partial charge in [0.2, 0.25) is 0 Å². The molecule has 3 aromatic rings. The Kier molecular flexibility index (Phi) is 3.43. The van der Waals surface area contributed by atoms with Gasteiger partial charge in [0.15, 0.2) is 0 Å². The number of benzene rings is 2. The predicted molar refractivity (Wildman–Crippen MR) is 81.0 cm³/mol. The highest BCUT2D eigenvalue weighted by molar-refractivity contribution is 6.32. The summed E-state index contributed by atoms with van der Waals surface area (Å²) in [5.74, 6) is -0.0932. The van der Waals surface area contributed by atoms with Crippen molar-refractivity contribution in [1.29, 1.82) is 5.26 Å². The summed E-state index contributed by atoms with van der Waals surface area (Å²) in [6.45, 7) is 0. The summed E-state index contributed by atoms with van der Waals surface area (Å²) in [4.78, 5) is 7.37. The van der Waals surface area contributed by atoms with Gasteiger partial charge in [-0.1, -0.05) is 29.8 Å². The molecule has 0 bridgehead atoms. The van der Waals surface area contributed by atoms with E-state index in [0.717, 1.165) is 11.0 Å². The van der Waals surface area contributed by atoms with Gasteiger partial charge in [0.05, 0.1) is 21.6 Å². The monoisotopic (exact) mass is 297 g/mol. The minimum Gasteiger partial charge on any atom is -0.337 e. The summed E-state index contributed by atoms with van der Waals surface area (Å²) in [7, 11) is 0. The van der Waals surface area contributed by atoms with Crippen molar-refractivity contribution >= 4 is 34.3 Å². The third-order valence-corrected chi connectivity index (χ3v) is 3.38. The van der Waals surface area contributed by atoms with Crippen LogP contribution < -0.4 is 0 Å². The maximum Gasteiger partial charge on any atom is 0.149 e. The highest BCUT2D eigenvalue weighted by Gasteiger charge is 2.11. The molecule has 3 nitrogen and oxygen atoms in total. The Labute approximate surface area is 125 Å². The Bertz CT molecular complexity index is 837. The van der Waals surface area contributed by atoms with Crippen LogP contribution in [0.5, 0.6) is 0 Å². The van der Waals surface area contributed by atoms with E-state index in [0.29, 0.717) is 5.82 Å². The average molecular weight is 298 g/mol. The van der Waals surface area contributed by atoms with Gasteiger partial charge >= 0.3 is 0 Å². The van der Waals surface area contributed by atoms with Crippen LogP contribution in [0, 0.1) is 17.1 Å². The van der Waals surface area contributed by atoms with Crippen molar-refractivity contribution in [3.8, 4) is 6.07 Å². The van der Waals surface area contributed by atoms with E-state index >= 15 is 0 Å². The fraction of sp³-hybridized carbons (Fsp3) is 0. The van der Waals surface area contributed by atoms with Crippen molar-refractivity contribution in [3.63, 3.8) is 0 Å². The van der Waals surface area contributed by atoms with E-state index in [1.54, 1.807) is 6.07 Å². The van der Waals surface area contributed by atoms with Gasteiger partial charge in [-0.05, 0) is 30.3 Å². The third kappa shape index (κ3) is 2.51. The molecule has 21 heavy (non-hydrogen) atoms. The number of hydrogen-bond donors (Lipinski definition) is 1. The number of aromatic amines is 1. The van der Waals surface area contributed by atoms with Gasteiger partial charge in [0.1, 0.15) is 17.7 Å². The molecule has 0 aliphatic heterocycles. The molecule has 2 aromatic carbocycles. The molecule has 1 N–H and O–H groups in total. The number of halogens is 2. The zero-order valence-electron chi connectivity index (χ0n) is 10.8. The number of para-hydroxylation sites is 2. The molecule has 1 aromatic heterocycles. The van der Waals surface area contributed by atoms with E-state index in [9.17, 15) is 9.65 Å². The maximum atomic E-state index is 13.8. The first-order valence-corrected chi connectivity index (χ1v) is 6.58. The van der Waals surface area contributed by atoms with Crippen molar-refractivity contribution in [3.05, 3.63) is 64.7 Å². The fourth-order valence-electron chi connectivity index (χ4n) is 2.03. The Balaban J connectivity index is 2.14. The van der Waals surface area contributed by atoms with Crippen LogP contribution in [0.2, 0.25) is 5.02 Å². The number of nitrogens with zero attached hydrogens (tertiary/aromatic N) is 2. The number of aromatic nitrogens is 2. The second kappa shape index (κ2) is 5.39. The minimum atomic E-state index is -0.480. The normalized spacial score (nSPS) is 11.6. The smallest absolute Gasteiger partial charge is 0.149 e. The van der Waals surface area contributed by atoms with Gasteiger partial charge < -0.3 is 4.98 Å². The molecule has 0 amide bonds. The van der Waals surface area contributed by atoms with Crippen LogP contribution in [-0.2, 0) is 0 Å². The summed E-state index contributed by atoms with van der Waals surface area (Å²) in [5.41, 5.74) is 1.95. The molecule has 0 aliphatic rings. The summed E-state index contributed by atoms with van der Waals surface area (Å²) in [6.07, 6.45) is 1.40. The van der Waals surface area contributed by atoms with Crippen LogP contribution in [-0.4, -0.2) is 9.97 Å². The molecule has 0 atom stereocenters. The van der Waals surface area contributed by atoms with Crippen molar-refractivity contribution < 1.29 is 4.39 Å². The summed E-state index contributed by atoms with van der Waals surface area (Å²) in [6, 6.07) is 13.8. The number of nitriles is 1. The molecule has 3 rings (SSSR count). The minimum absolute atomic E-state index is 0.177. The molecule has 102 valence electrons. The lowest BCUT2D eigenvalue weighted by molar-refractivity contribution is 0.625. The first kappa shape index (κ1) is 13.3. The lowest BCUT2D eigenvalue weighted by atomic mass is 10.1. The summed E-state index contributed by atoms with van der Waals surface area (Å²) >= 11 is 5.97. The number of allylic oxidation sites excluding steroid dienone is 1. The number of imidazole rings is 1. The topological polar surface area (TPSA) is 52.5 Å². The van der Waals surface area contributed by atoms with E-state index in [1.165, 1.54) is 18.2 Å². The zero-order chi connectivity index (χ0) is 14.8. The highest BCUT2D eigenvalue weighted by Crippen LogP contribution is 2.25. The second-order valence-electron chi connectivity index (χ2n) is 4.41. The van der Waals surface area contributed by atoms with E-state index in [4.69, 9.17) is 11.6 Å². The van der Waals surface area contributed by atoms with Crippen LogP contribution in [0.15, 0.2) is 42.5 Å². The van der Waals surface area contributed by atoms with Crippen molar-refractivity contribution in [2.75, 3.05) is 0 Å². The van der Waals surface area contributed by atoms with Gasteiger partial charge in [-0.15, -0.1) is 0 Å². The third-order valence-electron chi connectivity index (χ3n) is 3.05. The fourth-order valence-corrected chi connectivity index (χ4v) is 2.24. The Morgan fingerprint density at radius 1 is 1.24 bits per heavy atom. The first-order chi connectivity index (χ1) is 10.2. The molecule has 0 fully saturated rings. The van der Waals surface area contributed by atoms with Crippen LogP contribution in [0.4, 0.5) is 4.39 Å². The van der Waals surface area contributed by atoms with Gasteiger partial charge in [0, 0.05) is 5.56 Å². The van der Waals surface area contributed by atoms with Crippen LogP contribution in [0.25, 0.3) is 22.7 Å². The van der Waals surface area contributed by atoms with Gasteiger partial charge in [-0.2, -0.15) is 5.26 Å². The molecule has 0 saturated carbocycles. The maximum absolute atomic E-state index is 13.8. The second-order valence-corrected chi connectivity index (χ2v) is 4.81. The van der Waals surface area contributed by atoms with E-state index in [2.05, 4.69) is 9.97 Å². The van der Waals surface area contributed by atoms with Crippen molar-refractivity contribution in [1.82, 2.24) is 9.97 Å². The van der Waals surface area contributed by atoms with Crippen molar-refractivity contribution in [2.45, 2.75) is 0 Å². The van der Waals surface area contributed by atoms with Gasteiger partial charge in [-0.25, -0.2) is 9.37 Å². The molecular weight excluding hydrogens is 289 g/mol. The molecule has 0 aliphatic carbocycles. The average Bonchev–Trinajstić information content (AvgIpc) is 2.90. The number of nitrogens with one attached hydrogen (secondary N) is 1. The Hall–Kier alpha value is -2.64. The molecule has 0 spiro atoms. The van der Waals surface area contributed by atoms with Crippen molar-refractivity contribution in [2.24, 2.45) is 0 Å². The zero-order valence-corrected chi connectivity index (χ0v) is 11.5. The SMILES string of the molecule is N#CC(=Cc1c(F)cccc1Cl)c1nc2ccccc2[nH]1. The highest BCUT2D eigenvalue weighted by atomic mass is 35.5. The number of H-pyrrole nitrogens is 1. The lowest BCUT2D eigenvalue weighted by Crippen LogP contribution is -1.88. The molecule has 0 saturated heterocycles. The number of hydrogen-bond acceptors (Lipinski definition) is 2. The van der Waals surface area contributed by atoms with E-state index in [1.807, 2.05) is 30.3 Å². The van der Waals surface area contributed by atoms with Gasteiger partial charge in [-0.3, -0.25) is 0 Å². The number of rotatable bonds is 2. The summed E-state index contributed by atoms with van der Waals surface area (Å²) < 4.78 is 13.8. The largest absolute Gasteiger partial charge is 0.337 e. The van der Waals surface area contributed by atoms with Crippen LogP contribution >= 0.6 is 11.6 Å². The van der Waals surface area contributed by atoms with Crippen LogP contribution in [0.3, 0.4) is 0 Å². The van der Waals surface area contributed by atoms with Crippen LogP contribution in [0.1, 0.15) is 11.4 Å². The predicted octanol–water partition coefficient (Wildman–Crippen LogP) is 4.42. The quantitative estimate of drug-likeness (QED) is 0.712. The molecule has 1 heterocycles. The molecular formula is C16H9ClFN3. The first-order valence-electron chi connectivity index (χ1n) is 6.20. The van der Waals surface area contributed by atoms with Gasteiger partial charge in [0.25, 0.3) is 0 Å². The standard InChI is InChI=1S/C16H9ClFN3/c17-12-4-3-5-13(18)11(12)8-10(9-19)16-20-14-6-1-2-7-15(14)21-16/h1-8H,(H,20,21). The Morgan fingerprint density at radius 2 is 2.05 bits per heavy atom. The van der Waals surface area contributed by atoms with E-state index in [-0.39, 0.29) is 16.2 Å². The number of fused-ring (bicyclic) bond motifs is 1.